The third-order valence-electron chi connectivity index (χ3n) is 6.35. The van der Waals surface area contributed by atoms with Crippen molar-refractivity contribution >= 4 is 5.52 Å². The summed E-state index contributed by atoms with van der Waals surface area (Å²) in [6.45, 7) is 6.15. The molecule has 2 atom stereocenters. The number of hydrogen-bond acceptors (Lipinski definition) is 6. The minimum atomic E-state index is -0.283. The highest BCUT2D eigenvalue weighted by atomic mass is 16.5. The number of ether oxygens (including phenoxy) is 1. The number of fused-ring (bicyclic) bond motifs is 1. The number of pyridine rings is 2. The van der Waals surface area contributed by atoms with Crippen LogP contribution in [0.5, 0.6) is 5.75 Å². The fourth-order valence-electron chi connectivity index (χ4n) is 4.59. The minimum absolute atomic E-state index is 0.283. The van der Waals surface area contributed by atoms with Crippen molar-refractivity contribution in [1.82, 2.24) is 29.7 Å². The van der Waals surface area contributed by atoms with E-state index in [2.05, 4.69) is 33.1 Å². The van der Waals surface area contributed by atoms with E-state index in [-0.39, 0.29) is 6.10 Å². The molecule has 8 heteroatoms. The zero-order chi connectivity index (χ0) is 22.8. The molecule has 0 radical (unpaired) electrons. The number of hydrogen-bond donors (Lipinski definition) is 1. The first-order chi connectivity index (χ1) is 16.2. The van der Waals surface area contributed by atoms with Crippen LogP contribution in [0.3, 0.4) is 0 Å². The zero-order valence-electron chi connectivity index (χ0n) is 18.9. The van der Waals surface area contributed by atoms with Crippen LogP contribution in [0.2, 0.25) is 0 Å². The van der Waals surface area contributed by atoms with Gasteiger partial charge in [-0.05, 0) is 64.4 Å². The molecule has 1 N–H and O–H groups in total. The van der Waals surface area contributed by atoms with Crippen LogP contribution in [0.4, 0.5) is 0 Å². The maximum atomic E-state index is 9.61. The summed E-state index contributed by atoms with van der Waals surface area (Å²) < 4.78 is 10.2. The Hall–Kier alpha value is -3.70. The minimum Gasteiger partial charge on any atom is -0.482 e. The summed E-state index contributed by atoms with van der Waals surface area (Å²) in [5.41, 5.74) is 5.07. The van der Waals surface area contributed by atoms with Gasteiger partial charge in [0.1, 0.15) is 29.0 Å². The first-order valence-corrected chi connectivity index (χ1v) is 11.4. The monoisotopic (exact) mass is 441 g/mol. The second-order valence-corrected chi connectivity index (χ2v) is 8.49. The molecule has 33 heavy (non-hydrogen) atoms. The molecule has 1 fully saturated rings. The van der Waals surface area contributed by atoms with Gasteiger partial charge >= 0.3 is 0 Å². The van der Waals surface area contributed by atoms with Crippen LogP contribution in [0.1, 0.15) is 55.3 Å². The van der Waals surface area contributed by atoms with Crippen LogP contribution in [0.25, 0.3) is 16.6 Å². The standard InChI is InChI=1S/C25H27N7O/c1-17-22(15-30-32(17)21-6-5-9-27-11-8-21)19-12-24(25-20(13-26)14-29-31(25)16-19)33-18(2)23-7-3-4-10-28-23/h3-4,7,10,12,14-16,18,21,27H,5-6,8-9,11H2,1-2H3/t18-,21?/m1/s1. The summed E-state index contributed by atoms with van der Waals surface area (Å²) in [6, 6.07) is 10.4. The van der Waals surface area contributed by atoms with Gasteiger partial charge in [-0.1, -0.05) is 6.07 Å². The maximum absolute atomic E-state index is 9.61. The molecule has 0 aliphatic carbocycles. The fraction of sp³-hybridized carbons (Fsp3) is 0.360. The molecular weight excluding hydrogens is 414 g/mol. The molecule has 5 heterocycles. The van der Waals surface area contributed by atoms with E-state index >= 15 is 0 Å². The fourth-order valence-corrected chi connectivity index (χ4v) is 4.59. The second-order valence-electron chi connectivity index (χ2n) is 8.49. The lowest BCUT2D eigenvalue weighted by atomic mass is 10.1. The van der Waals surface area contributed by atoms with E-state index in [0.717, 1.165) is 54.9 Å². The van der Waals surface area contributed by atoms with Crippen molar-refractivity contribution in [2.24, 2.45) is 0 Å². The van der Waals surface area contributed by atoms with E-state index in [4.69, 9.17) is 9.84 Å². The molecule has 5 rings (SSSR count). The molecule has 1 aliphatic rings. The number of nitriles is 1. The van der Waals surface area contributed by atoms with E-state index in [1.807, 2.05) is 43.6 Å². The normalized spacial score (nSPS) is 17.4. The molecule has 0 amide bonds. The molecule has 0 saturated carbocycles. The Morgan fingerprint density at radius 1 is 1.21 bits per heavy atom. The zero-order valence-corrected chi connectivity index (χ0v) is 18.9. The van der Waals surface area contributed by atoms with E-state index in [9.17, 15) is 5.26 Å². The third-order valence-corrected chi connectivity index (χ3v) is 6.35. The average molecular weight is 442 g/mol. The second kappa shape index (κ2) is 9.04. The van der Waals surface area contributed by atoms with Crippen LogP contribution < -0.4 is 10.1 Å². The lowest BCUT2D eigenvalue weighted by Gasteiger charge is -2.18. The van der Waals surface area contributed by atoms with Gasteiger partial charge in [0.2, 0.25) is 0 Å². The number of nitrogens with one attached hydrogen (secondary N) is 1. The molecule has 0 spiro atoms. The van der Waals surface area contributed by atoms with Crippen molar-refractivity contribution in [2.75, 3.05) is 13.1 Å². The lowest BCUT2D eigenvalue weighted by molar-refractivity contribution is 0.224. The van der Waals surface area contributed by atoms with Crippen molar-refractivity contribution in [3.8, 4) is 22.9 Å². The molecular formula is C25H27N7O. The molecule has 4 aromatic heterocycles. The highest BCUT2D eigenvalue weighted by Gasteiger charge is 2.21. The lowest BCUT2D eigenvalue weighted by Crippen LogP contribution is -2.16. The van der Waals surface area contributed by atoms with Gasteiger partial charge in [0, 0.05) is 29.2 Å². The van der Waals surface area contributed by atoms with Gasteiger partial charge in [-0.15, -0.1) is 0 Å². The van der Waals surface area contributed by atoms with Crippen LogP contribution in [0, 0.1) is 18.3 Å². The van der Waals surface area contributed by atoms with Crippen LogP contribution in [-0.2, 0) is 0 Å². The quantitative estimate of drug-likeness (QED) is 0.498. The Morgan fingerprint density at radius 2 is 2.12 bits per heavy atom. The molecule has 0 bridgehead atoms. The average Bonchev–Trinajstić information content (AvgIpc) is 3.33. The Labute approximate surface area is 192 Å². The Bertz CT molecular complexity index is 1290. The number of rotatable bonds is 5. The summed E-state index contributed by atoms with van der Waals surface area (Å²) in [5.74, 6) is 0.602. The van der Waals surface area contributed by atoms with Crippen molar-refractivity contribution in [3.63, 3.8) is 0 Å². The van der Waals surface area contributed by atoms with E-state index in [0.29, 0.717) is 22.9 Å². The van der Waals surface area contributed by atoms with Gasteiger partial charge in [-0.25, -0.2) is 4.52 Å². The first-order valence-electron chi connectivity index (χ1n) is 11.4. The van der Waals surface area contributed by atoms with Crippen molar-refractivity contribution < 1.29 is 4.74 Å². The number of nitrogens with zero attached hydrogens (tertiary/aromatic N) is 6. The molecule has 168 valence electrons. The summed E-state index contributed by atoms with van der Waals surface area (Å²) in [5, 5.41) is 22.3. The highest BCUT2D eigenvalue weighted by molar-refractivity contribution is 5.76. The van der Waals surface area contributed by atoms with E-state index in [1.54, 1.807) is 16.9 Å². The van der Waals surface area contributed by atoms with Gasteiger partial charge in [-0.2, -0.15) is 15.5 Å². The van der Waals surface area contributed by atoms with Gasteiger partial charge in [0.25, 0.3) is 0 Å². The third kappa shape index (κ3) is 4.08. The molecule has 8 nitrogen and oxygen atoms in total. The molecule has 1 aliphatic heterocycles. The summed E-state index contributed by atoms with van der Waals surface area (Å²) >= 11 is 0. The van der Waals surface area contributed by atoms with Crippen LogP contribution in [-0.4, -0.2) is 37.5 Å². The van der Waals surface area contributed by atoms with Crippen LogP contribution in [0.15, 0.2) is 49.1 Å². The van der Waals surface area contributed by atoms with Crippen LogP contribution >= 0.6 is 0 Å². The van der Waals surface area contributed by atoms with E-state index in [1.165, 1.54) is 0 Å². The Balaban J connectivity index is 1.55. The SMILES string of the molecule is Cc1c(-c2cc(O[C@H](C)c3ccccn3)c3c(C#N)cnn3c2)cnn1C1CCCNCC1. The first kappa shape index (κ1) is 21.2. The van der Waals surface area contributed by atoms with Gasteiger partial charge < -0.3 is 10.1 Å². The van der Waals surface area contributed by atoms with Crippen molar-refractivity contribution in [2.45, 2.75) is 45.3 Å². The largest absolute Gasteiger partial charge is 0.482 e. The predicted molar refractivity (Wildman–Crippen MR) is 125 cm³/mol. The Morgan fingerprint density at radius 3 is 2.94 bits per heavy atom. The van der Waals surface area contributed by atoms with Gasteiger partial charge in [0.05, 0.1) is 24.1 Å². The smallest absolute Gasteiger partial charge is 0.148 e. The Kier molecular flexibility index (Phi) is 5.80. The predicted octanol–water partition coefficient (Wildman–Crippen LogP) is 4.23. The molecule has 0 aromatic carbocycles. The number of aromatic nitrogens is 5. The molecule has 1 saturated heterocycles. The summed E-state index contributed by atoms with van der Waals surface area (Å²) in [6.07, 6.45) is 10.3. The van der Waals surface area contributed by atoms with Gasteiger partial charge in [-0.3, -0.25) is 9.67 Å². The highest BCUT2D eigenvalue weighted by Crippen LogP contribution is 2.35. The van der Waals surface area contributed by atoms with Gasteiger partial charge in [0.15, 0.2) is 0 Å². The summed E-state index contributed by atoms with van der Waals surface area (Å²) in [4.78, 5) is 4.41. The van der Waals surface area contributed by atoms with E-state index < -0.39 is 0 Å². The molecule has 1 unspecified atom stereocenters. The molecule has 4 aromatic rings. The van der Waals surface area contributed by atoms with Crippen molar-refractivity contribution in [3.05, 3.63) is 66.0 Å². The maximum Gasteiger partial charge on any atom is 0.148 e. The van der Waals surface area contributed by atoms with Crippen molar-refractivity contribution in [1.29, 1.82) is 5.26 Å². The topological polar surface area (TPSA) is 93.1 Å². The summed E-state index contributed by atoms with van der Waals surface area (Å²) in [7, 11) is 0.